The third kappa shape index (κ3) is 4.59. The van der Waals surface area contributed by atoms with Crippen molar-refractivity contribution in [3.8, 4) is 0 Å². The number of carbonyl (C=O) groups is 1. The molecule has 0 aliphatic rings. The van der Waals surface area contributed by atoms with Gasteiger partial charge in [-0.15, -0.1) is 11.3 Å². The van der Waals surface area contributed by atoms with Crippen LogP contribution in [0.15, 0.2) is 89.7 Å². The van der Waals surface area contributed by atoms with Crippen LogP contribution in [-0.4, -0.2) is 32.8 Å². The third-order valence-corrected chi connectivity index (χ3v) is 7.71. The topological polar surface area (TPSA) is 61.9 Å². The molecule has 3 heterocycles. The number of amides is 1. The minimum absolute atomic E-state index is 0.205. The zero-order valence-corrected chi connectivity index (χ0v) is 20.7. The van der Waals surface area contributed by atoms with Crippen molar-refractivity contribution in [1.82, 2.24) is 19.9 Å². The molecule has 8 heteroatoms. The van der Waals surface area contributed by atoms with Crippen LogP contribution in [0.25, 0.3) is 10.9 Å². The van der Waals surface area contributed by atoms with Gasteiger partial charge in [-0.25, -0.2) is 9.97 Å². The molecule has 170 valence electrons. The normalized spacial score (nSPS) is 12.1. The average molecular weight is 505 g/mol. The highest BCUT2D eigenvalue weighted by Gasteiger charge is 2.29. The van der Waals surface area contributed by atoms with Gasteiger partial charge in [0.05, 0.1) is 17.3 Å². The fourth-order valence-electron chi connectivity index (χ4n) is 3.90. The standard InChI is InChI=1S/C26H21ClN4OS2/c1-31(24(22-12-7-13-33-22)19-14-28-21-11-6-5-10-18(19)21)25(32)23-20(27)15-29-26(30-23)34-16-17-8-3-2-4-9-17/h2-15,24,28H,16H2,1H3/t24-/m0/s1. The molecule has 0 saturated carbocycles. The number of thioether (sulfide) groups is 1. The molecule has 0 radical (unpaired) electrons. The number of hydrogen-bond donors (Lipinski definition) is 1. The number of hydrogen-bond acceptors (Lipinski definition) is 5. The van der Waals surface area contributed by atoms with Crippen molar-refractivity contribution in [2.75, 3.05) is 7.05 Å². The lowest BCUT2D eigenvalue weighted by molar-refractivity contribution is 0.0751. The van der Waals surface area contributed by atoms with Gasteiger partial charge in [-0.1, -0.05) is 78.0 Å². The molecular weight excluding hydrogens is 484 g/mol. The number of carbonyl (C=O) groups excluding carboxylic acids is 1. The molecule has 0 fully saturated rings. The lowest BCUT2D eigenvalue weighted by Crippen LogP contribution is -2.32. The highest BCUT2D eigenvalue weighted by molar-refractivity contribution is 7.98. The summed E-state index contributed by atoms with van der Waals surface area (Å²) >= 11 is 9.51. The molecule has 5 nitrogen and oxygen atoms in total. The number of para-hydroxylation sites is 1. The maximum Gasteiger partial charge on any atom is 0.274 e. The summed E-state index contributed by atoms with van der Waals surface area (Å²) in [6.45, 7) is 0. The highest BCUT2D eigenvalue weighted by Crippen LogP contribution is 2.36. The number of aromatic nitrogens is 3. The van der Waals surface area contributed by atoms with E-state index in [0.29, 0.717) is 10.9 Å². The van der Waals surface area contributed by atoms with E-state index in [9.17, 15) is 4.79 Å². The van der Waals surface area contributed by atoms with Crippen LogP contribution in [0.5, 0.6) is 0 Å². The fourth-order valence-corrected chi connectivity index (χ4v) is 5.73. The molecule has 5 aromatic rings. The van der Waals surface area contributed by atoms with E-state index in [0.717, 1.165) is 26.9 Å². The van der Waals surface area contributed by atoms with Crippen LogP contribution in [0.3, 0.4) is 0 Å². The molecular formula is C26H21ClN4OS2. The number of rotatable bonds is 7. The molecule has 0 bridgehead atoms. The van der Waals surface area contributed by atoms with E-state index in [4.69, 9.17) is 11.6 Å². The summed E-state index contributed by atoms with van der Waals surface area (Å²) in [7, 11) is 1.80. The minimum Gasteiger partial charge on any atom is -0.361 e. The first-order valence-corrected chi connectivity index (χ1v) is 12.9. The van der Waals surface area contributed by atoms with Crippen LogP contribution >= 0.6 is 34.7 Å². The predicted molar refractivity (Wildman–Crippen MR) is 140 cm³/mol. The van der Waals surface area contributed by atoms with E-state index in [1.807, 2.05) is 60.1 Å². The Bertz CT molecular complexity index is 1420. The average Bonchev–Trinajstić information content (AvgIpc) is 3.55. The first kappa shape index (κ1) is 22.7. The number of nitrogens with one attached hydrogen (secondary N) is 1. The quantitative estimate of drug-likeness (QED) is 0.195. The largest absolute Gasteiger partial charge is 0.361 e. The van der Waals surface area contributed by atoms with Crippen molar-refractivity contribution in [2.24, 2.45) is 0 Å². The van der Waals surface area contributed by atoms with Crippen LogP contribution in [0.1, 0.15) is 32.5 Å². The van der Waals surface area contributed by atoms with Gasteiger partial charge in [0.25, 0.3) is 5.91 Å². The Morgan fingerprint density at radius 2 is 1.91 bits per heavy atom. The summed E-state index contributed by atoms with van der Waals surface area (Å²) in [5.41, 5.74) is 3.42. The van der Waals surface area contributed by atoms with E-state index < -0.39 is 0 Å². The lowest BCUT2D eigenvalue weighted by Gasteiger charge is -2.27. The summed E-state index contributed by atoms with van der Waals surface area (Å²) in [5.74, 6) is 0.455. The van der Waals surface area contributed by atoms with Crippen LogP contribution in [0.4, 0.5) is 0 Å². The first-order chi connectivity index (χ1) is 16.6. The van der Waals surface area contributed by atoms with Crippen molar-refractivity contribution in [3.63, 3.8) is 0 Å². The number of thiophene rings is 1. The molecule has 34 heavy (non-hydrogen) atoms. The molecule has 0 aliphatic heterocycles. The molecule has 1 amide bonds. The Kier molecular flexibility index (Phi) is 6.67. The van der Waals surface area contributed by atoms with Crippen molar-refractivity contribution < 1.29 is 4.79 Å². The number of halogens is 1. The van der Waals surface area contributed by atoms with E-state index in [2.05, 4.69) is 33.2 Å². The second-order valence-electron chi connectivity index (χ2n) is 7.75. The van der Waals surface area contributed by atoms with Gasteiger partial charge in [0.1, 0.15) is 0 Å². The van der Waals surface area contributed by atoms with Crippen LogP contribution < -0.4 is 0 Å². The SMILES string of the molecule is CN(C(=O)c1nc(SCc2ccccc2)ncc1Cl)[C@H](c1cccs1)c1c[nH]c2ccccc12. The van der Waals surface area contributed by atoms with E-state index >= 15 is 0 Å². The van der Waals surface area contributed by atoms with Gasteiger partial charge in [-0.2, -0.15) is 0 Å². The van der Waals surface area contributed by atoms with Gasteiger partial charge < -0.3 is 9.88 Å². The van der Waals surface area contributed by atoms with Gasteiger partial charge in [0, 0.05) is 40.3 Å². The Labute approximate surface area is 210 Å². The molecule has 0 saturated heterocycles. The smallest absolute Gasteiger partial charge is 0.274 e. The second kappa shape index (κ2) is 10.0. The number of benzene rings is 2. The molecule has 0 unspecified atom stereocenters. The number of fused-ring (bicyclic) bond motifs is 1. The van der Waals surface area contributed by atoms with Gasteiger partial charge in [0.2, 0.25) is 0 Å². The van der Waals surface area contributed by atoms with E-state index in [1.165, 1.54) is 18.0 Å². The summed E-state index contributed by atoms with van der Waals surface area (Å²) in [5, 5.41) is 3.86. The number of H-pyrrole nitrogens is 1. The summed E-state index contributed by atoms with van der Waals surface area (Å²) in [4.78, 5) is 28.7. The van der Waals surface area contributed by atoms with Gasteiger partial charge in [-0.3, -0.25) is 4.79 Å². The summed E-state index contributed by atoms with van der Waals surface area (Å²) in [6, 6.07) is 21.9. The minimum atomic E-state index is -0.282. The molecule has 1 N–H and O–H groups in total. The maximum atomic E-state index is 13.7. The lowest BCUT2D eigenvalue weighted by atomic mass is 10.0. The van der Waals surface area contributed by atoms with Crippen molar-refractivity contribution in [3.05, 3.63) is 111 Å². The van der Waals surface area contributed by atoms with Crippen LogP contribution in [0, 0.1) is 0 Å². The molecule has 0 aliphatic carbocycles. The molecule has 3 aromatic heterocycles. The van der Waals surface area contributed by atoms with Crippen LogP contribution in [0.2, 0.25) is 5.02 Å². The Morgan fingerprint density at radius 3 is 2.71 bits per heavy atom. The third-order valence-electron chi connectivity index (χ3n) is 5.57. The number of nitrogens with zero attached hydrogens (tertiary/aromatic N) is 3. The Morgan fingerprint density at radius 1 is 1.12 bits per heavy atom. The highest BCUT2D eigenvalue weighted by atomic mass is 35.5. The zero-order valence-electron chi connectivity index (χ0n) is 18.3. The first-order valence-electron chi connectivity index (χ1n) is 10.7. The van der Waals surface area contributed by atoms with E-state index in [-0.39, 0.29) is 22.7 Å². The van der Waals surface area contributed by atoms with Crippen molar-refractivity contribution >= 4 is 51.5 Å². The molecule has 0 spiro atoms. The Balaban J connectivity index is 1.46. The summed E-state index contributed by atoms with van der Waals surface area (Å²) < 4.78 is 0. The molecule has 2 aromatic carbocycles. The maximum absolute atomic E-state index is 13.7. The Hall–Kier alpha value is -3.13. The molecule has 1 atom stereocenters. The monoisotopic (exact) mass is 504 g/mol. The second-order valence-corrected chi connectivity index (χ2v) is 10.1. The van der Waals surface area contributed by atoms with Crippen molar-refractivity contribution in [1.29, 1.82) is 0 Å². The summed E-state index contributed by atoms with van der Waals surface area (Å²) in [6.07, 6.45) is 3.48. The number of aromatic amines is 1. The van der Waals surface area contributed by atoms with E-state index in [1.54, 1.807) is 23.3 Å². The van der Waals surface area contributed by atoms with Gasteiger partial charge in [-0.05, 0) is 23.1 Å². The van der Waals surface area contributed by atoms with Gasteiger partial charge in [0.15, 0.2) is 10.9 Å². The predicted octanol–water partition coefficient (Wildman–Crippen LogP) is 6.83. The van der Waals surface area contributed by atoms with Crippen LogP contribution in [-0.2, 0) is 5.75 Å². The van der Waals surface area contributed by atoms with Crippen molar-refractivity contribution in [2.45, 2.75) is 17.0 Å². The zero-order chi connectivity index (χ0) is 23.5. The fraction of sp³-hybridized carbons (Fsp3) is 0.115. The molecule has 5 rings (SSSR count). The van der Waals surface area contributed by atoms with Gasteiger partial charge >= 0.3 is 0 Å².